The van der Waals surface area contributed by atoms with Crippen LogP contribution in [0.25, 0.3) is 0 Å². The molecule has 132 valence electrons. The van der Waals surface area contributed by atoms with Crippen LogP contribution >= 0.6 is 0 Å². The monoisotopic (exact) mass is 348 g/mol. The highest BCUT2D eigenvalue weighted by molar-refractivity contribution is 5.44. The van der Waals surface area contributed by atoms with Gasteiger partial charge in [-0.3, -0.25) is 0 Å². The molecule has 0 saturated heterocycles. The molecule has 25 heavy (non-hydrogen) atoms. The van der Waals surface area contributed by atoms with Gasteiger partial charge in [-0.15, -0.1) is 0 Å². The number of hydrogen-bond acceptors (Lipinski definition) is 0. The van der Waals surface area contributed by atoms with Crippen LogP contribution in [0.2, 0.25) is 0 Å². The van der Waals surface area contributed by atoms with Crippen LogP contribution in [0.1, 0.15) is 66.2 Å². The van der Waals surface area contributed by atoms with Crippen molar-refractivity contribution in [2.45, 2.75) is 56.3 Å². The molecule has 0 nitrogen and oxygen atoms in total. The molecule has 0 amide bonds. The maximum atomic E-state index is 14.8. The molecule has 1 saturated carbocycles. The first-order valence-electron chi connectivity index (χ1n) is 8.93. The number of rotatable bonds is 2. The van der Waals surface area contributed by atoms with Crippen LogP contribution in [0.15, 0.2) is 36.4 Å². The molecule has 0 aliphatic heterocycles. The largest absolute Gasteiger partial charge is 0.283 e. The summed E-state index contributed by atoms with van der Waals surface area (Å²) in [5.74, 6) is -6.65. The van der Waals surface area contributed by atoms with Gasteiger partial charge in [0.1, 0.15) is 0 Å². The summed E-state index contributed by atoms with van der Waals surface area (Å²) in [5.41, 5.74) is 1.11. The first-order chi connectivity index (χ1) is 12.0. The third kappa shape index (κ3) is 2.76. The van der Waals surface area contributed by atoms with Crippen LogP contribution in [0.3, 0.4) is 0 Å². The zero-order valence-corrected chi connectivity index (χ0v) is 13.9. The normalized spacial score (nSPS) is 22.8. The van der Waals surface area contributed by atoms with Gasteiger partial charge in [-0.2, -0.15) is 0 Å². The van der Waals surface area contributed by atoms with E-state index in [1.54, 1.807) is 12.1 Å². The standard InChI is InChI=1S/C21H20F4/c22-18-11-10-16-12-17(21(24,25)19(16)20(18)23)15-8-6-14(7-9-15)13-4-2-1-3-5-13/h6-11,13,17H,1-5,12H2. The highest BCUT2D eigenvalue weighted by Gasteiger charge is 2.51. The van der Waals surface area contributed by atoms with Gasteiger partial charge in [-0.05, 0) is 47.9 Å². The minimum Gasteiger partial charge on any atom is -0.204 e. The van der Waals surface area contributed by atoms with Crippen molar-refractivity contribution in [2.24, 2.45) is 0 Å². The summed E-state index contributed by atoms with van der Waals surface area (Å²) in [6.07, 6.45) is 6.02. The lowest BCUT2D eigenvalue weighted by molar-refractivity contribution is -0.0255. The van der Waals surface area contributed by atoms with Crippen LogP contribution in [0.4, 0.5) is 17.6 Å². The SMILES string of the molecule is Fc1ccc2c(c1F)C(F)(F)C(c1ccc(C3CCCCC3)cc1)C2. The van der Waals surface area contributed by atoms with E-state index in [-0.39, 0.29) is 12.0 Å². The van der Waals surface area contributed by atoms with Crippen LogP contribution in [0, 0.1) is 11.6 Å². The highest BCUT2D eigenvalue weighted by atomic mass is 19.3. The van der Waals surface area contributed by atoms with Gasteiger partial charge in [0.15, 0.2) is 11.6 Å². The number of hydrogen-bond donors (Lipinski definition) is 0. The Morgan fingerprint density at radius 3 is 2.12 bits per heavy atom. The first kappa shape index (κ1) is 16.6. The zero-order chi connectivity index (χ0) is 17.6. The number of fused-ring (bicyclic) bond motifs is 1. The van der Waals surface area contributed by atoms with Gasteiger partial charge in [0, 0.05) is 0 Å². The topological polar surface area (TPSA) is 0 Å². The Bertz CT molecular complexity index is 773. The maximum absolute atomic E-state index is 14.8. The summed E-state index contributed by atoms with van der Waals surface area (Å²) in [5, 5.41) is 0. The van der Waals surface area contributed by atoms with Gasteiger partial charge in [0.2, 0.25) is 0 Å². The Morgan fingerprint density at radius 1 is 0.800 bits per heavy atom. The summed E-state index contributed by atoms with van der Waals surface area (Å²) < 4.78 is 56.9. The van der Waals surface area contributed by atoms with Crippen molar-refractivity contribution in [1.82, 2.24) is 0 Å². The Morgan fingerprint density at radius 2 is 1.44 bits per heavy atom. The average molecular weight is 348 g/mol. The lowest BCUT2D eigenvalue weighted by Crippen LogP contribution is -2.20. The summed E-state index contributed by atoms with van der Waals surface area (Å²) in [6.45, 7) is 0. The molecule has 0 aromatic heterocycles. The Hall–Kier alpha value is -1.84. The number of halogens is 4. The van der Waals surface area contributed by atoms with E-state index in [9.17, 15) is 17.6 Å². The summed E-state index contributed by atoms with van der Waals surface area (Å²) in [7, 11) is 0. The van der Waals surface area contributed by atoms with E-state index in [0.717, 1.165) is 18.9 Å². The predicted octanol–water partition coefficient (Wildman–Crippen LogP) is 6.44. The molecular weight excluding hydrogens is 328 g/mol. The number of benzene rings is 2. The fourth-order valence-corrected chi connectivity index (χ4v) is 4.41. The van der Waals surface area contributed by atoms with E-state index in [1.807, 2.05) is 12.1 Å². The van der Waals surface area contributed by atoms with E-state index in [4.69, 9.17) is 0 Å². The van der Waals surface area contributed by atoms with Crippen molar-refractivity contribution in [3.63, 3.8) is 0 Å². The lowest BCUT2D eigenvalue weighted by atomic mass is 9.83. The molecule has 1 atom stereocenters. The zero-order valence-electron chi connectivity index (χ0n) is 13.9. The molecule has 2 aromatic rings. The van der Waals surface area contributed by atoms with Crippen LogP contribution in [-0.2, 0) is 12.3 Å². The highest BCUT2D eigenvalue weighted by Crippen LogP contribution is 2.52. The molecule has 4 rings (SSSR count). The van der Waals surface area contributed by atoms with Crippen LogP contribution in [0.5, 0.6) is 0 Å². The van der Waals surface area contributed by atoms with Crippen molar-refractivity contribution >= 4 is 0 Å². The predicted molar refractivity (Wildman–Crippen MR) is 89.0 cm³/mol. The third-order valence-electron chi connectivity index (χ3n) is 5.79. The summed E-state index contributed by atoms with van der Waals surface area (Å²) in [6, 6.07) is 9.55. The molecule has 0 N–H and O–H groups in total. The minimum absolute atomic E-state index is 0.0301. The summed E-state index contributed by atoms with van der Waals surface area (Å²) in [4.78, 5) is 0. The summed E-state index contributed by atoms with van der Waals surface area (Å²) >= 11 is 0. The van der Waals surface area contributed by atoms with Gasteiger partial charge in [-0.25, -0.2) is 17.6 Å². The Kier molecular flexibility index (Phi) is 4.09. The second-order valence-corrected chi connectivity index (χ2v) is 7.28. The molecule has 0 spiro atoms. The molecule has 2 aliphatic rings. The smallest absolute Gasteiger partial charge is 0.204 e. The lowest BCUT2D eigenvalue weighted by Gasteiger charge is -2.24. The van der Waals surface area contributed by atoms with Crippen molar-refractivity contribution < 1.29 is 17.6 Å². The Balaban J connectivity index is 1.63. The molecule has 2 aliphatic carbocycles. The fourth-order valence-electron chi connectivity index (χ4n) is 4.41. The van der Waals surface area contributed by atoms with Crippen LogP contribution in [-0.4, -0.2) is 0 Å². The van der Waals surface area contributed by atoms with E-state index in [2.05, 4.69) is 0 Å². The molecule has 1 unspecified atom stereocenters. The van der Waals surface area contributed by atoms with E-state index in [0.29, 0.717) is 11.5 Å². The molecule has 0 bridgehead atoms. The van der Waals surface area contributed by atoms with Crippen molar-refractivity contribution in [3.8, 4) is 0 Å². The van der Waals surface area contributed by atoms with Gasteiger partial charge in [0.05, 0.1) is 11.5 Å². The average Bonchev–Trinajstić information content (AvgIpc) is 2.90. The van der Waals surface area contributed by atoms with Crippen LogP contribution < -0.4 is 0 Å². The molecular formula is C21H20F4. The van der Waals surface area contributed by atoms with Crippen molar-refractivity contribution in [3.05, 3.63) is 70.3 Å². The van der Waals surface area contributed by atoms with Crippen molar-refractivity contribution in [1.29, 1.82) is 0 Å². The second kappa shape index (κ2) is 6.15. The fraction of sp³-hybridized carbons (Fsp3) is 0.429. The second-order valence-electron chi connectivity index (χ2n) is 7.28. The quantitative estimate of drug-likeness (QED) is 0.548. The molecule has 0 radical (unpaired) electrons. The third-order valence-corrected chi connectivity index (χ3v) is 5.79. The van der Waals surface area contributed by atoms with Gasteiger partial charge in [-0.1, -0.05) is 49.6 Å². The molecule has 0 heterocycles. The maximum Gasteiger partial charge on any atom is 0.283 e. The molecule has 1 fully saturated rings. The van der Waals surface area contributed by atoms with E-state index >= 15 is 0 Å². The Labute approximate surface area is 144 Å². The van der Waals surface area contributed by atoms with E-state index in [1.165, 1.54) is 30.9 Å². The first-order valence-corrected chi connectivity index (χ1v) is 8.93. The van der Waals surface area contributed by atoms with Gasteiger partial charge in [0.25, 0.3) is 5.92 Å². The molecule has 4 heteroatoms. The number of alkyl halides is 2. The molecule has 2 aromatic carbocycles. The van der Waals surface area contributed by atoms with Gasteiger partial charge >= 0.3 is 0 Å². The van der Waals surface area contributed by atoms with Crippen molar-refractivity contribution in [2.75, 3.05) is 0 Å². The van der Waals surface area contributed by atoms with E-state index < -0.39 is 29.0 Å². The van der Waals surface area contributed by atoms with Gasteiger partial charge < -0.3 is 0 Å². The minimum atomic E-state index is -3.39.